The number of carboxylic acid groups (broad SMARTS) is 1. The number of halogens is 1. The van der Waals surface area contributed by atoms with Gasteiger partial charge in [-0.25, -0.2) is 14.4 Å². The standard InChI is InChI=1S/C42H49N3O17.C12H19IO2S.C2H6/c1-44(41(51)57-17-22-5-7-24(8-6-22)43-40(49)50)9-10-45(2)42(52)62-38-32(53-3)11-23(12-33(38)54-4)35-27-15-30-31(59-21-58-30)16-28(27)37(29-19-56-39(48)36(29)35)61-34-14-25(47)13-26(60-34)18-55-20-46;1-12(11(14)15-9-10-16-13)7-5-3-2-4-6-8-12;1-2/h5-8,11-12,15-16,25-26,29,34-37,43,46-47H,9-10,13-14,17-21H2,1-4H3,(H,49,50);2-3H,4-10H2,1H3;1-2H3/b;3-2+;/t;12-;/m.1./s1. The molecule has 3 aliphatic heterocycles. The average Bonchev–Trinajstić information content (AvgIpc) is 4.14. The quantitative estimate of drug-likeness (QED) is 0.0217. The van der Waals surface area contributed by atoms with E-state index in [9.17, 15) is 34.2 Å². The number of methoxy groups -OCH3 is 2. The van der Waals surface area contributed by atoms with Gasteiger partial charge in [-0.05, 0) is 119 Å². The number of cyclic esters (lactones) is 1. The number of rotatable bonds is 19. The zero-order valence-electron chi connectivity index (χ0n) is 46.2. The first kappa shape index (κ1) is 63.4. The van der Waals surface area contributed by atoms with E-state index in [4.69, 9.17) is 57.2 Å². The van der Waals surface area contributed by atoms with Crippen LogP contribution in [0.5, 0.6) is 28.7 Å². The lowest BCUT2D eigenvalue weighted by Gasteiger charge is -2.42. The lowest BCUT2D eigenvalue weighted by Crippen LogP contribution is -2.43. The number of hydrogen-bond donors (Lipinski definition) is 4. The summed E-state index contributed by atoms with van der Waals surface area (Å²) in [7, 11) is 7.50. The number of amides is 3. The van der Waals surface area contributed by atoms with Crippen LogP contribution in [0.3, 0.4) is 0 Å². The van der Waals surface area contributed by atoms with Crippen LogP contribution in [0.4, 0.5) is 20.1 Å². The van der Waals surface area contributed by atoms with E-state index in [1.54, 1.807) is 45.3 Å². The Balaban J connectivity index is 0.000000491. The smallest absolute Gasteiger partial charge is 0.415 e. The van der Waals surface area contributed by atoms with Gasteiger partial charge < -0.3 is 77.2 Å². The molecule has 3 amide bonds. The van der Waals surface area contributed by atoms with Crippen molar-refractivity contribution in [2.24, 2.45) is 17.3 Å². The number of fused-ring (bicyclic) bond motifs is 3. The van der Waals surface area contributed by atoms with Gasteiger partial charge in [0.2, 0.25) is 12.5 Å². The SMILES string of the molecule is CC.COc1cc(C2c3cc4c(cc3C(OC3CC(O)CC(COCO)O3)C3COC(=O)C23)OCO4)cc(OC)c1OC(=O)N(C)CCN(C)C(=O)OCc1ccc(NC(=O)O)cc1.C[C@@]1(C(=O)OCCSI)CC/C=C/CCC1. The second kappa shape index (κ2) is 30.9. The number of likely N-dealkylation sites (N-methyl/N-ethyl adjacent to an activating group) is 2. The van der Waals surface area contributed by atoms with Crippen molar-refractivity contribution >= 4 is 66.0 Å². The Hall–Kier alpha value is -5.77. The summed E-state index contributed by atoms with van der Waals surface area (Å²) in [4.78, 5) is 65.3. The van der Waals surface area contributed by atoms with Gasteiger partial charge >= 0.3 is 30.2 Å². The highest BCUT2D eigenvalue weighted by Gasteiger charge is 2.54. The van der Waals surface area contributed by atoms with Crippen molar-refractivity contribution in [3.63, 3.8) is 0 Å². The maximum atomic E-state index is 13.8. The van der Waals surface area contributed by atoms with E-state index in [0.29, 0.717) is 52.5 Å². The first-order valence-electron chi connectivity index (χ1n) is 26.5. The van der Waals surface area contributed by atoms with E-state index in [0.717, 1.165) is 37.9 Å². The first-order valence-corrected chi connectivity index (χ1v) is 30.1. The first-order chi connectivity index (χ1) is 38.6. The number of benzene rings is 3. The number of nitrogens with zero attached hydrogens (tertiary/aromatic N) is 2. The summed E-state index contributed by atoms with van der Waals surface area (Å²) < 4.78 is 63.2. The second-order valence-electron chi connectivity index (χ2n) is 19.6. The Morgan fingerprint density at radius 2 is 1.54 bits per heavy atom. The summed E-state index contributed by atoms with van der Waals surface area (Å²) in [6.45, 7) is 6.28. The molecule has 3 aromatic rings. The Bertz CT molecular complexity index is 2570. The Morgan fingerprint density at radius 3 is 2.19 bits per heavy atom. The second-order valence-corrected chi connectivity index (χ2v) is 22.1. The zero-order chi connectivity index (χ0) is 57.9. The van der Waals surface area contributed by atoms with Gasteiger partial charge in [0.05, 0.1) is 57.1 Å². The van der Waals surface area contributed by atoms with E-state index in [1.165, 1.54) is 38.1 Å². The van der Waals surface area contributed by atoms with Crippen LogP contribution >= 0.6 is 30.1 Å². The Morgan fingerprint density at radius 1 is 0.875 bits per heavy atom. The highest BCUT2D eigenvalue weighted by atomic mass is 127. The molecule has 8 rings (SSSR count). The highest BCUT2D eigenvalue weighted by Crippen LogP contribution is 2.57. The van der Waals surface area contributed by atoms with Crippen LogP contribution in [0, 0.1) is 17.3 Å². The van der Waals surface area contributed by atoms with Gasteiger partial charge in [-0.2, -0.15) is 0 Å². The molecule has 2 fully saturated rings. The molecule has 24 heteroatoms. The van der Waals surface area contributed by atoms with Gasteiger partial charge in [0.1, 0.15) is 20.0 Å². The number of allylic oxidation sites excluding steroid dienone is 2. The molecule has 22 nitrogen and oxygen atoms in total. The molecule has 0 aromatic heterocycles. The topological polar surface area (TPSA) is 266 Å². The highest BCUT2D eigenvalue weighted by molar-refractivity contribution is 14.2. The van der Waals surface area contributed by atoms with E-state index in [2.05, 4.69) is 38.7 Å². The predicted octanol–water partition coefficient (Wildman–Crippen LogP) is 9.21. The van der Waals surface area contributed by atoms with E-state index in [1.807, 2.05) is 32.9 Å². The Kier molecular flexibility index (Phi) is 24.5. The minimum Gasteiger partial charge on any atom is -0.493 e. The number of carbonyl (C=O) groups excluding carboxylic acids is 4. The normalized spacial score (nSPS) is 23.7. The number of esters is 2. The van der Waals surface area contributed by atoms with Gasteiger partial charge in [-0.15, -0.1) is 0 Å². The van der Waals surface area contributed by atoms with Gasteiger partial charge in [0.15, 0.2) is 29.3 Å². The molecule has 3 aromatic carbocycles. The molecule has 8 atom stereocenters. The third-order valence-corrected chi connectivity index (χ3v) is 15.8. The fourth-order valence-electron chi connectivity index (χ4n) is 9.98. The van der Waals surface area contributed by atoms with Gasteiger partial charge in [-0.3, -0.25) is 14.9 Å². The third kappa shape index (κ3) is 16.7. The van der Waals surface area contributed by atoms with Gasteiger partial charge in [0, 0.05) is 63.3 Å². The van der Waals surface area contributed by atoms with Crippen LogP contribution in [0.2, 0.25) is 0 Å². The molecule has 440 valence electrons. The lowest BCUT2D eigenvalue weighted by molar-refractivity contribution is -0.254. The molecule has 0 bridgehead atoms. The van der Waals surface area contributed by atoms with Crippen LogP contribution in [0.1, 0.15) is 100.0 Å². The molecule has 5 aliphatic rings. The zero-order valence-corrected chi connectivity index (χ0v) is 49.2. The molecule has 2 aliphatic carbocycles. The molecular weight excluding hydrogens is 1180 g/mol. The molecule has 3 heterocycles. The summed E-state index contributed by atoms with van der Waals surface area (Å²) in [6.07, 6.45) is 4.41. The maximum absolute atomic E-state index is 13.8. The van der Waals surface area contributed by atoms with Crippen molar-refractivity contribution in [2.45, 2.75) is 103 Å². The average molecular weight is 1250 g/mol. The van der Waals surface area contributed by atoms with Crippen molar-refractivity contribution in [3.05, 3.63) is 82.9 Å². The van der Waals surface area contributed by atoms with Crippen LogP contribution < -0.4 is 29.0 Å². The minimum atomic E-state index is -1.19. The van der Waals surface area contributed by atoms with Crippen molar-refractivity contribution in [2.75, 3.05) is 85.9 Å². The summed E-state index contributed by atoms with van der Waals surface area (Å²) in [5, 5.41) is 30.9. The van der Waals surface area contributed by atoms with Crippen LogP contribution in [0.25, 0.3) is 0 Å². The summed E-state index contributed by atoms with van der Waals surface area (Å²) in [5.74, 6) is -0.303. The number of nitrogens with one attached hydrogen (secondary N) is 1. The molecule has 0 radical (unpaired) electrons. The summed E-state index contributed by atoms with van der Waals surface area (Å²) in [5.41, 5.74) is 2.71. The fourth-order valence-corrected chi connectivity index (χ4v) is 10.7. The van der Waals surface area contributed by atoms with Crippen molar-refractivity contribution in [1.29, 1.82) is 0 Å². The number of aliphatic hydroxyl groups excluding tert-OH is 2. The molecule has 2 saturated heterocycles. The molecule has 0 spiro atoms. The molecule has 4 N–H and O–H groups in total. The van der Waals surface area contributed by atoms with Crippen molar-refractivity contribution < 1.29 is 91.4 Å². The molecule has 80 heavy (non-hydrogen) atoms. The van der Waals surface area contributed by atoms with Crippen LogP contribution in [0.15, 0.2) is 60.7 Å². The molecular formula is C56H74IN3O19S. The monoisotopic (exact) mass is 1250 g/mol. The fraction of sp³-hybridized carbons (Fsp3) is 0.554. The Labute approximate surface area is 482 Å². The maximum Gasteiger partial charge on any atom is 0.415 e. The van der Waals surface area contributed by atoms with E-state index in [-0.39, 0.29) is 74.8 Å². The number of carbonyl (C=O) groups is 5. The lowest BCUT2D eigenvalue weighted by atomic mass is 9.66. The van der Waals surface area contributed by atoms with E-state index >= 15 is 0 Å². The van der Waals surface area contributed by atoms with E-state index < -0.39 is 73.4 Å². The summed E-state index contributed by atoms with van der Waals surface area (Å²) >= 11 is 2.22. The van der Waals surface area contributed by atoms with Gasteiger partial charge in [-0.1, -0.05) is 47.1 Å². The predicted molar refractivity (Wildman–Crippen MR) is 301 cm³/mol. The largest absolute Gasteiger partial charge is 0.493 e. The number of aliphatic hydroxyl groups is 2. The van der Waals surface area contributed by atoms with Crippen molar-refractivity contribution in [3.8, 4) is 28.7 Å². The van der Waals surface area contributed by atoms with Crippen molar-refractivity contribution in [1.82, 2.24) is 9.80 Å². The van der Waals surface area contributed by atoms with Crippen LogP contribution in [-0.4, -0.2) is 154 Å². The minimum absolute atomic E-state index is 0.00370. The van der Waals surface area contributed by atoms with Gasteiger partial charge in [0.25, 0.3) is 0 Å². The van der Waals surface area contributed by atoms with Crippen LogP contribution in [-0.2, 0) is 44.6 Å². The number of anilines is 1. The summed E-state index contributed by atoms with van der Waals surface area (Å²) in [6, 6.07) is 13.3. The number of hydrogen-bond acceptors (Lipinski definition) is 19. The molecule has 7 unspecified atom stereocenters. The molecule has 0 saturated carbocycles. The third-order valence-electron chi connectivity index (χ3n) is 14.2. The number of ether oxygens (including phenoxy) is 11.